The first-order valence-corrected chi connectivity index (χ1v) is 9.32. The highest BCUT2D eigenvalue weighted by Gasteiger charge is 2.42. The summed E-state index contributed by atoms with van der Waals surface area (Å²) >= 11 is 1.60. The van der Waals surface area contributed by atoms with E-state index in [0.717, 1.165) is 16.9 Å². The highest BCUT2D eigenvalue weighted by Crippen LogP contribution is 2.40. The zero-order chi connectivity index (χ0) is 17.4. The topological polar surface area (TPSA) is 57.6 Å². The van der Waals surface area contributed by atoms with E-state index in [0.29, 0.717) is 13.1 Å². The molecule has 1 unspecified atom stereocenters. The summed E-state index contributed by atoms with van der Waals surface area (Å²) < 4.78 is 0. The van der Waals surface area contributed by atoms with Crippen molar-refractivity contribution in [2.75, 3.05) is 13.1 Å². The van der Waals surface area contributed by atoms with Gasteiger partial charge in [-0.25, -0.2) is 0 Å². The molecule has 1 amide bonds. The van der Waals surface area contributed by atoms with Crippen molar-refractivity contribution in [3.63, 3.8) is 0 Å². The monoisotopic (exact) mass is 353 g/mol. The van der Waals surface area contributed by atoms with E-state index in [4.69, 9.17) is 0 Å². The number of carbonyl (C=O) groups is 2. The van der Waals surface area contributed by atoms with Crippen LogP contribution in [0.4, 0.5) is 0 Å². The number of hydrogen-bond acceptors (Lipinski definition) is 3. The molecule has 0 spiro atoms. The molecule has 0 radical (unpaired) electrons. The number of benzene rings is 2. The minimum Gasteiger partial charge on any atom is -0.481 e. The van der Waals surface area contributed by atoms with Crippen molar-refractivity contribution in [3.05, 3.63) is 65.7 Å². The molecule has 4 nitrogen and oxygen atoms in total. The van der Waals surface area contributed by atoms with Gasteiger partial charge in [-0.1, -0.05) is 48.5 Å². The average Bonchev–Trinajstić information content (AvgIpc) is 3.26. The highest BCUT2D eigenvalue weighted by atomic mass is 32.2. The molecule has 2 aromatic carbocycles. The van der Waals surface area contributed by atoms with E-state index >= 15 is 0 Å². The van der Waals surface area contributed by atoms with Gasteiger partial charge in [-0.2, -0.15) is 0 Å². The van der Waals surface area contributed by atoms with Crippen LogP contribution >= 0.6 is 11.8 Å². The Hall–Kier alpha value is -2.27. The molecule has 1 fully saturated rings. The Kier molecular flexibility index (Phi) is 4.25. The Labute approximate surface area is 150 Å². The van der Waals surface area contributed by atoms with Crippen molar-refractivity contribution in [1.82, 2.24) is 4.90 Å². The molecular weight excluding hydrogens is 334 g/mol. The molecule has 25 heavy (non-hydrogen) atoms. The highest BCUT2D eigenvalue weighted by molar-refractivity contribution is 8.01. The van der Waals surface area contributed by atoms with Crippen LogP contribution < -0.4 is 0 Å². The lowest BCUT2D eigenvalue weighted by molar-refractivity contribution is -0.141. The molecule has 2 aliphatic heterocycles. The maximum atomic E-state index is 13.0. The molecule has 0 aliphatic carbocycles. The average molecular weight is 353 g/mol. The smallest absolute Gasteiger partial charge is 0.308 e. The third kappa shape index (κ3) is 3.04. The summed E-state index contributed by atoms with van der Waals surface area (Å²) in [6, 6.07) is 17.8. The molecule has 2 aromatic rings. The number of hydrogen-bond donors (Lipinski definition) is 1. The maximum Gasteiger partial charge on any atom is 0.308 e. The fourth-order valence-corrected chi connectivity index (χ4v) is 5.07. The Morgan fingerprint density at radius 2 is 1.72 bits per heavy atom. The van der Waals surface area contributed by atoms with Crippen molar-refractivity contribution in [2.24, 2.45) is 5.92 Å². The van der Waals surface area contributed by atoms with Crippen LogP contribution in [0.5, 0.6) is 0 Å². The first kappa shape index (κ1) is 16.2. The molecule has 4 rings (SSSR count). The number of amides is 1. The van der Waals surface area contributed by atoms with E-state index in [-0.39, 0.29) is 17.1 Å². The van der Waals surface area contributed by atoms with E-state index < -0.39 is 11.9 Å². The van der Waals surface area contributed by atoms with Crippen LogP contribution in [-0.2, 0) is 16.0 Å². The molecular formula is C20H19NO3S. The first-order valence-electron chi connectivity index (χ1n) is 8.44. The summed E-state index contributed by atoms with van der Waals surface area (Å²) in [6.45, 7) is 0.772. The van der Waals surface area contributed by atoms with Crippen LogP contribution in [-0.4, -0.2) is 40.2 Å². The van der Waals surface area contributed by atoms with Gasteiger partial charge >= 0.3 is 5.97 Å². The van der Waals surface area contributed by atoms with E-state index in [2.05, 4.69) is 6.07 Å². The number of fused-ring (bicyclic) bond motifs is 1. The van der Waals surface area contributed by atoms with Crippen LogP contribution in [0.15, 0.2) is 59.5 Å². The Balaban J connectivity index is 1.52. The molecule has 0 bridgehead atoms. The molecule has 0 saturated carbocycles. The van der Waals surface area contributed by atoms with Crippen molar-refractivity contribution < 1.29 is 14.7 Å². The van der Waals surface area contributed by atoms with Gasteiger partial charge in [0.1, 0.15) is 0 Å². The standard InChI is InChI=1S/C20H19NO3S/c22-19(18-10-14-8-4-5-9-17(14)25-18)21-11-15(16(12-21)20(23)24)13-6-2-1-3-7-13/h1-9,15-16,18H,10-12H2,(H,23,24)/t15-,16-,18?/m1/s1. The zero-order valence-electron chi connectivity index (χ0n) is 13.7. The number of thioether (sulfide) groups is 1. The first-order chi connectivity index (χ1) is 12.1. The lowest BCUT2D eigenvalue weighted by atomic mass is 9.89. The minimum absolute atomic E-state index is 0.0610. The fraction of sp³-hybridized carbons (Fsp3) is 0.300. The molecule has 5 heteroatoms. The van der Waals surface area contributed by atoms with Crippen LogP contribution in [0.1, 0.15) is 17.0 Å². The van der Waals surface area contributed by atoms with Gasteiger partial charge in [0.15, 0.2) is 0 Å². The summed E-state index contributed by atoms with van der Waals surface area (Å²) in [5.74, 6) is -1.45. The predicted octanol–water partition coefficient (Wildman–Crippen LogP) is 3.03. The molecule has 2 aliphatic rings. The SMILES string of the molecule is O=C(O)[C@@H]1CN(C(=O)C2Cc3ccccc3S2)C[C@@H]1c1ccccc1. The molecule has 3 atom stereocenters. The van der Waals surface area contributed by atoms with Crippen molar-refractivity contribution in [1.29, 1.82) is 0 Å². The van der Waals surface area contributed by atoms with Gasteiger partial charge in [0.2, 0.25) is 5.91 Å². The van der Waals surface area contributed by atoms with Gasteiger partial charge in [0, 0.05) is 23.9 Å². The Bertz CT molecular complexity index is 783. The lowest BCUT2D eigenvalue weighted by Gasteiger charge is -2.20. The number of carboxylic acids is 1. The summed E-state index contributed by atoms with van der Waals surface area (Å²) in [6.07, 6.45) is 0.726. The van der Waals surface area contributed by atoms with Crippen LogP contribution in [0.2, 0.25) is 0 Å². The Morgan fingerprint density at radius 1 is 1.00 bits per heavy atom. The summed E-state index contributed by atoms with van der Waals surface area (Å²) in [4.78, 5) is 27.6. The fourth-order valence-electron chi connectivity index (χ4n) is 3.80. The van der Waals surface area contributed by atoms with Crippen molar-refractivity contribution in [2.45, 2.75) is 22.5 Å². The van der Waals surface area contributed by atoms with Gasteiger partial charge in [-0.3, -0.25) is 9.59 Å². The summed E-state index contributed by atoms with van der Waals surface area (Å²) in [7, 11) is 0. The third-order valence-electron chi connectivity index (χ3n) is 5.10. The van der Waals surface area contributed by atoms with E-state index in [9.17, 15) is 14.7 Å². The van der Waals surface area contributed by atoms with Crippen molar-refractivity contribution in [3.8, 4) is 0 Å². The van der Waals surface area contributed by atoms with Crippen LogP contribution in [0, 0.1) is 5.92 Å². The Morgan fingerprint density at radius 3 is 2.44 bits per heavy atom. The third-order valence-corrected chi connectivity index (χ3v) is 6.40. The molecule has 1 saturated heterocycles. The number of rotatable bonds is 3. The second-order valence-electron chi connectivity index (χ2n) is 6.62. The largest absolute Gasteiger partial charge is 0.481 e. The molecule has 128 valence electrons. The quantitative estimate of drug-likeness (QED) is 0.921. The maximum absolute atomic E-state index is 13.0. The van der Waals surface area contributed by atoms with Crippen LogP contribution in [0.25, 0.3) is 0 Å². The molecule has 2 heterocycles. The second kappa shape index (κ2) is 6.56. The van der Waals surface area contributed by atoms with Gasteiger partial charge in [-0.15, -0.1) is 11.8 Å². The van der Waals surface area contributed by atoms with Crippen LogP contribution in [0.3, 0.4) is 0 Å². The number of nitrogens with zero attached hydrogens (tertiary/aromatic N) is 1. The van der Waals surface area contributed by atoms with Crippen molar-refractivity contribution >= 4 is 23.6 Å². The summed E-state index contributed by atoms with van der Waals surface area (Å²) in [5.41, 5.74) is 2.20. The lowest BCUT2D eigenvalue weighted by Crippen LogP contribution is -2.36. The van der Waals surface area contributed by atoms with Gasteiger partial charge in [0.25, 0.3) is 0 Å². The number of aliphatic carboxylic acids is 1. The minimum atomic E-state index is -0.827. The normalized spacial score (nSPS) is 25.0. The number of likely N-dealkylation sites (tertiary alicyclic amines) is 1. The number of carbonyl (C=O) groups excluding carboxylic acids is 1. The number of carboxylic acid groups (broad SMARTS) is 1. The van der Waals surface area contributed by atoms with E-state index in [1.165, 1.54) is 5.56 Å². The molecule has 1 N–H and O–H groups in total. The summed E-state index contributed by atoms with van der Waals surface area (Å²) in [5, 5.41) is 9.47. The van der Waals surface area contributed by atoms with Gasteiger partial charge < -0.3 is 10.0 Å². The molecule has 0 aromatic heterocycles. The van der Waals surface area contributed by atoms with Gasteiger partial charge in [0.05, 0.1) is 11.2 Å². The predicted molar refractivity (Wildman–Crippen MR) is 96.7 cm³/mol. The second-order valence-corrected chi connectivity index (χ2v) is 7.87. The van der Waals surface area contributed by atoms with E-state index in [1.54, 1.807) is 16.7 Å². The van der Waals surface area contributed by atoms with Gasteiger partial charge in [-0.05, 0) is 23.6 Å². The van der Waals surface area contributed by atoms with E-state index in [1.807, 2.05) is 48.5 Å². The zero-order valence-corrected chi connectivity index (χ0v) is 14.5.